The molecule has 4 nitrogen and oxygen atoms in total. The molecule has 5 heteroatoms. The van der Waals surface area contributed by atoms with Crippen LogP contribution in [0, 0.1) is 0 Å². The molecule has 1 unspecified atom stereocenters. The topological polar surface area (TPSA) is 53.1 Å². The van der Waals surface area contributed by atoms with Crippen molar-refractivity contribution in [1.29, 1.82) is 0 Å². The summed E-state index contributed by atoms with van der Waals surface area (Å²) < 4.78 is 8.41. The van der Waals surface area contributed by atoms with E-state index < -0.39 is 0 Å². The van der Waals surface area contributed by atoms with Gasteiger partial charge in [0.25, 0.3) is 0 Å². The Bertz CT molecular complexity index is 568. The van der Waals surface area contributed by atoms with Gasteiger partial charge in [0.15, 0.2) is 5.75 Å². The molecule has 1 heterocycles. The Morgan fingerprint density at radius 1 is 1.40 bits per heavy atom. The number of aryl methyl sites for hydroxylation is 1. The average Bonchev–Trinajstić information content (AvgIpc) is 2.85. The Kier molecular flexibility index (Phi) is 5.20. The molecule has 1 aromatic heterocycles. The molecule has 0 aliphatic carbocycles. The van der Waals surface area contributed by atoms with E-state index in [0.717, 1.165) is 35.3 Å². The van der Waals surface area contributed by atoms with Crippen LogP contribution >= 0.6 is 15.9 Å². The fourth-order valence-electron chi connectivity index (χ4n) is 2.30. The maximum absolute atomic E-state index is 6.39. The third kappa shape index (κ3) is 3.22. The largest absolute Gasteiger partial charge is 0.493 e. The first-order chi connectivity index (χ1) is 9.67. The average molecular weight is 338 g/mol. The van der Waals surface area contributed by atoms with Crippen molar-refractivity contribution >= 4 is 15.9 Å². The minimum atomic E-state index is -0.141. The minimum Gasteiger partial charge on any atom is -0.493 e. The molecule has 0 spiro atoms. The van der Waals surface area contributed by atoms with E-state index in [9.17, 15) is 0 Å². The van der Waals surface area contributed by atoms with Gasteiger partial charge in [0, 0.05) is 11.0 Å². The monoisotopic (exact) mass is 337 g/mol. The fraction of sp³-hybridized carbons (Fsp3) is 0.400. The lowest BCUT2D eigenvalue weighted by atomic mass is 10.0. The quantitative estimate of drug-likeness (QED) is 0.879. The van der Waals surface area contributed by atoms with Gasteiger partial charge in [-0.1, -0.05) is 41.1 Å². The first-order valence-corrected chi connectivity index (χ1v) is 7.55. The highest BCUT2D eigenvalue weighted by molar-refractivity contribution is 9.10. The van der Waals surface area contributed by atoms with E-state index in [1.807, 2.05) is 22.9 Å². The van der Waals surface area contributed by atoms with Gasteiger partial charge in [-0.05, 0) is 24.5 Å². The van der Waals surface area contributed by atoms with Crippen LogP contribution in [-0.2, 0) is 13.0 Å². The Morgan fingerprint density at radius 2 is 2.15 bits per heavy atom. The molecule has 2 rings (SSSR count). The van der Waals surface area contributed by atoms with Crippen molar-refractivity contribution in [3.8, 4) is 5.75 Å². The number of nitrogens with two attached hydrogens (primary N) is 1. The molecule has 0 fully saturated rings. The van der Waals surface area contributed by atoms with E-state index in [-0.39, 0.29) is 6.04 Å². The highest BCUT2D eigenvalue weighted by atomic mass is 79.9. The number of nitrogens with zero attached hydrogens (tertiary/aromatic N) is 2. The van der Waals surface area contributed by atoms with Gasteiger partial charge in [-0.25, -0.2) is 0 Å². The maximum Gasteiger partial charge on any atom is 0.161 e. The Balaban J connectivity index is 2.26. The Morgan fingerprint density at radius 3 is 2.80 bits per heavy atom. The van der Waals surface area contributed by atoms with Crippen LogP contribution in [0.1, 0.15) is 30.6 Å². The van der Waals surface area contributed by atoms with Crippen LogP contribution < -0.4 is 10.5 Å². The number of rotatable bonds is 6. The standard InChI is InChI=1S/C15H20BrN3O/c1-3-8-19-15(14(20-2)10-18-19)13(17)9-11-6-4-5-7-12(11)16/h4-7,10,13H,3,8-9,17H2,1-2H3. The number of methoxy groups -OCH3 is 1. The third-order valence-electron chi connectivity index (χ3n) is 3.25. The molecule has 1 aromatic carbocycles. The highest BCUT2D eigenvalue weighted by Crippen LogP contribution is 2.28. The van der Waals surface area contributed by atoms with Crippen LogP contribution in [0.2, 0.25) is 0 Å². The molecule has 0 aliphatic heterocycles. The second-order valence-electron chi connectivity index (χ2n) is 4.72. The lowest BCUT2D eigenvalue weighted by Crippen LogP contribution is -2.19. The molecule has 0 bridgehead atoms. The summed E-state index contributed by atoms with van der Waals surface area (Å²) in [6, 6.07) is 7.99. The van der Waals surface area contributed by atoms with Crippen LogP contribution in [0.15, 0.2) is 34.9 Å². The van der Waals surface area contributed by atoms with E-state index in [2.05, 4.69) is 34.0 Å². The number of halogens is 1. The molecule has 0 radical (unpaired) electrons. The Hall–Kier alpha value is -1.33. The number of hydrogen-bond donors (Lipinski definition) is 1. The summed E-state index contributed by atoms with van der Waals surface area (Å²) >= 11 is 3.56. The lowest BCUT2D eigenvalue weighted by molar-refractivity contribution is 0.400. The first-order valence-electron chi connectivity index (χ1n) is 6.76. The summed E-state index contributed by atoms with van der Waals surface area (Å²) in [5.74, 6) is 0.762. The van der Waals surface area contributed by atoms with Crippen LogP contribution in [0.4, 0.5) is 0 Å². The smallest absolute Gasteiger partial charge is 0.161 e. The Labute approximate surface area is 128 Å². The molecular weight excluding hydrogens is 318 g/mol. The normalized spacial score (nSPS) is 12.4. The number of hydrogen-bond acceptors (Lipinski definition) is 3. The van der Waals surface area contributed by atoms with Gasteiger partial charge in [-0.15, -0.1) is 0 Å². The molecule has 2 aromatic rings. The van der Waals surface area contributed by atoms with E-state index in [4.69, 9.17) is 10.5 Å². The molecule has 108 valence electrons. The molecule has 1 atom stereocenters. The number of benzene rings is 1. The van der Waals surface area contributed by atoms with E-state index in [1.165, 1.54) is 5.56 Å². The highest BCUT2D eigenvalue weighted by Gasteiger charge is 2.19. The summed E-state index contributed by atoms with van der Waals surface area (Å²) in [7, 11) is 1.65. The maximum atomic E-state index is 6.39. The van der Waals surface area contributed by atoms with Crippen LogP contribution in [-0.4, -0.2) is 16.9 Å². The molecule has 0 amide bonds. The van der Waals surface area contributed by atoms with Gasteiger partial charge >= 0.3 is 0 Å². The zero-order valence-electron chi connectivity index (χ0n) is 11.8. The summed E-state index contributed by atoms with van der Waals surface area (Å²) in [5, 5.41) is 4.36. The molecule has 0 aliphatic rings. The van der Waals surface area contributed by atoms with Crippen LogP contribution in [0.5, 0.6) is 5.75 Å². The van der Waals surface area contributed by atoms with Crippen molar-refractivity contribution < 1.29 is 4.74 Å². The van der Waals surface area contributed by atoms with Crippen molar-refractivity contribution in [2.45, 2.75) is 32.4 Å². The fourth-order valence-corrected chi connectivity index (χ4v) is 2.74. The summed E-state index contributed by atoms with van der Waals surface area (Å²) in [5.41, 5.74) is 8.54. The van der Waals surface area contributed by atoms with Gasteiger partial charge in [-0.2, -0.15) is 5.10 Å². The van der Waals surface area contributed by atoms with Gasteiger partial charge in [-0.3, -0.25) is 4.68 Å². The summed E-state index contributed by atoms with van der Waals surface area (Å²) in [4.78, 5) is 0. The first kappa shape index (κ1) is 15.1. The van der Waals surface area contributed by atoms with Gasteiger partial charge in [0.05, 0.1) is 25.0 Å². The van der Waals surface area contributed by atoms with Crippen molar-refractivity contribution in [3.05, 3.63) is 46.2 Å². The number of ether oxygens (including phenoxy) is 1. The predicted molar refractivity (Wildman–Crippen MR) is 83.8 cm³/mol. The molecule has 2 N–H and O–H groups in total. The zero-order chi connectivity index (χ0) is 14.5. The van der Waals surface area contributed by atoms with Gasteiger partial charge < -0.3 is 10.5 Å². The van der Waals surface area contributed by atoms with Crippen LogP contribution in [0.3, 0.4) is 0 Å². The zero-order valence-corrected chi connectivity index (χ0v) is 13.4. The van der Waals surface area contributed by atoms with Crippen molar-refractivity contribution in [2.24, 2.45) is 5.73 Å². The van der Waals surface area contributed by atoms with Crippen molar-refractivity contribution in [1.82, 2.24) is 9.78 Å². The lowest BCUT2D eigenvalue weighted by Gasteiger charge is -2.16. The SMILES string of the molecule is CCCn1ncc(OC)c1C(N)Cc1ccccc1Br. The third-order valence-corrected chi connectivity index (χ3v) is 4.02. The van der Waals surface area contributed by atoms with E-state index >= 15 is 0 Å². The number of aromatic nitrogens is 2. The molecular formula is C15H20BrN3O. The molecule has 20 heavy (non-hydrogen) atoms. The van der Waals surface area contributed by atoms with Gasteiger partial charge in [0.1, 0.15) is 0 Å². The molecule has 0 saturated heterocycles. The second-order valence-corrected chi connectivity index (χ2v) is 5.58. The predicted octanol–water partition coefficient (Wildman–Crippen LogP) is 3.31. The second kappa shape index (κ2) is 6.90. The minimum absolute atomic E-state index is 0.141. The van der Waals surface area contributed by atoms with E-state index in [0.29, 0.717) is 0 Å². The summed E-state index contributed by atoms with van der Waals surface area (Å²) in [6.07, 6.45) is 3.50. The van der Waals surface area contributed by atoms with E-state index in [1.54, 1.807) is 13.3 Å². The van der Waals surface area contributed by atoms with Crippen LogP contribution in [0.25, 0.3) is 0 Å². The van der Waals surface area contributed by atoms with Crippen molar-refractivity contribution in [3.63, 3.8) is 0 Å². The molecule has 0 saturated carbocycles. The summed E-state index contributed by atoms with van der Waals surface area (Å²) in [6.45, 7) is 2.97. The van der Waals surface area contributed by atoms with Gasteiger partial charge in [0.2, 0.25) is 0 Å². The van der Waals surface area contributed by atoms with Crippen molar-refractivity contribution in [2.75, 3.05) is 7.11 Å².